The third-order valence-electron chi connectivity index (χ3n) is 2.39. The second-order valence-corrected chi connectivity index (χ2v) is 4.34. The summed E-state index contributed by atoms with van der Waals surface area (Å²) in [6.07, 6.45) is 0.782. The quantitative estimate of drug-likeness (QED) is 0.718. The maximum atomic E-state index is 11.4. The average Bonchev–Trinajstić information content (AvgIpc) is 2.35. The number of hydrogen-bond donors (Lipinski definition) is 2. The van der Waals surface area contributed by atoms with Crippen LogP contribution < -0.4 is 10.6 Å². The van der Waals surface area contributed by atoms with Crippen LogP contribution in [0.5, 0.6) is 0 Å². The Morgan fingerprint density at radius 2 is 2.16 bits per heavy atom. The van der Waals surface area contributed by atoms with Gasteiger partial charge in [0.1, 0.15) is 0 Å². The summed E-state index contributed by atoms with van der Waals surface area (Å²) < 4.78 is 4.87. The van der Waals surface area contributed by atoms with E-state index in [0.717, 1.165) is 17.0 Å². The Morgan fingerprint density at radius 3 is 2.84 bits per heavy atom. The van der Waals surface area contributed by atoms with Crippen molar-refractivity contribution in [2.45, 2.75) is 6.42 Å². The lowest BCUT2D eigenvalue weighted by Crippen LogP contribution is -2.36. The summed E-state index contributed by atoms with van der Waals surface area (Å²) in [7, 11) is 1.63. The molecule has 0 fully saturated rings. The van der Waals surface area contributed by atoms with Crippen LogP contribution >= 0.6 is 24.0 Å². The van der Waals surface area contributed by atoms with Crippen molar-refractivity contribution in [3.8, 4) is 0 Å². The topological polar surface area (TPSA) is 50.4 Å². The van der Waals surface area contributed by atoms with Crippen molar-refractivity contribution in [2.24, 2.45) is 0 Å². The third kappa shape index (κ3) is 8.83. The Morgan fingerprint density at radius 1 is 1.37 bits per heavy atom. The van der Waals surface area contributed by atoms with Gasteiger partial charge in [0.2, 0.25) is 5.91 Å². The second kappa shape index (κ2) is 11.1. The minimum Gasteiger partial charge on any atom is -0.383 e. The van der Waals surface area contributed by atoms with Crippen molar-refractivity contribution in [1.82, 2.24) is 10.6 Å². The van der Waals surface area contributed by atoms with Crippen LogP contribution in [-0.4, -0.2) is 39.3 Å². The summed E-state index contributed by atoms with van der Waals surface area (Å²) in [6, 6.07) is 7.65. The van der Waals surface area contributed by atoms with Gasteiger partial charge in [-0.25, -0.2) is 0 Å². The minimum absolute atomic E-state index is 0. The number of methoxy groups -OCH3 is 1. The number of benzene rings is 1. The third-order valence-corrected chi connectivity index (χ3v) is 2.63. The predicted molar refractivity (Wildman–Crippen MR) is 80.2 cm³/mol. The highest BCUT2D eigenvalue weighted by Gasteiger charge is 2.00. The highest BCUT2D eigenvalue weighted by atomic mass is 35.5. The predicted octanol–water partition coefficient (Wildman–Crippen LogP) is 1.66. The van der Waals surface area contributed by atoms with Crippen LogP contribution in [0.25, 0.3) is 0 Å². The van der Waals surface area contributed by atoms with E-state index in [-0.39, 0.29) is 18.3 Å². The van der Waals surface area contributed by atoms with Crippen LogP contribution in [-0.2, 0) is 16.0 Å². The molecule has 6 heteroatoms. The summed E-state index contributed by atoms with van der Waals surface area (Å²) in [5, 5.41) is 6.55. The summed E-state index contributed by atoms with van der Waals surface area (Å²) in [6.45, 7) is 2.22. The maximum Gasteiger partial charge on any atom is 0.233 e. The first-order chi connectivity index (χ1) is 8.72. The Labute approximate surface area is 125 Å². The summed E-state index contributed by atoms with van der Waals surface area (Å²) >= 11 is 5.88. The number of rotatable bonds is 8. The number of amides is 1. The molecule has 1 amide bonds. The highest BCUT2D eigenvalue weighted by molar-refractivity contribution is 6.30. The van der Waals surface area contributed by atoms with E-state index in [0.29, 0.717) is 26.2 Å². The summed E-state index contributed by atoms with van der Waals surface area (Å²) in [5.74, 6) is -0.00636. The molecule has 0 bridgehead atoms. The number of nitrogens with one attached hydrogen (secondary N) is 2. The van der Waals surface area contributed by atoms with Crippen LogP contribution in [0, 0.1) is 0 Å². The van der Waals surface area contributed by atoms with E-state index >= 15 is 0 Å². The molecule has 108 valence electrons. The van der Waals surface area contributed by atoms with Gasteiger partial charge in [-0.1, -0.05) is 23.7 Å². The molecule has 1 aromatic rings. The molecule has 0 atom stereocenters. The zero-order chi connectivity index (χ0) is 13.2. The average molecular weight is 307 g/mol. The SMILES string of the molecule is COCCNCC(=O)NCCc1cccc(Cl)c1.Cl. The van der Waals surface area contributed by atoms with Crippen LogP contribution in [0.1, 0.15) is 5.56 Å². The van der Waals surface area contributed by atoms with Crippen molar-refractivity contribution in [3.05, 3.63) is 34.9 Å². The molecule has 2 N–H and O–H groups in total. The number of hydrogen-bond acceptors (Lipinski definition) is 3. The molecule has 19 heavy (non-hydrogen) atoms. The maximum absolute atomic E-state index is 11.4. The van der Waals surface area contributed by atoms with Gasteiger partial charge in [-0.15, -0.1) is 12.4 Å². The fourth-order valence-electron chi connectivity index (χ4n) is 1.48. The van der Waals surface area contributed by atoms with Gasteiger partial charge in [0.25, 0.3) is 0 Å². The van der Waals surface area contributed by atoms with Crippen LogP contribution in [0.3, 0.4) is 0 Å². The van der Waals surface area contributed by atoms with Gasteiger partial charge in [0.05, 0.1) is 13.2 Å². The smallest absolute Gasteiger partial charge is 0.233 e. The lowest BCUT2D eigenvalue weighted by Gasteiger charge is -2.06. The van der Waals surface area contributed by atoms with Gasteiger partial charge in [-0.3, -0.25) is 4.79 Å². The standard InChI is InChI=1S/C13H19ClN2O2.ClH/c1-18-8-7-15-10-13(17)16-6-5-11-3-2-4-12(14)9-11;/h2-4,9,15H,5-8,10H2,1H3,(H,16,17);1H. The molecule has 1 aromatic carbocycles. The van der Waals surface area contributed by atoms with E-state index in [9.17, 15) is 4.79 Å². The minimum atomic E-state index is -0.00636. The van der Waals surface area contributed by atoms with E-state index in [4.69, 9.17) is 16.3 Å². The Bertz CT molecular complexity index is 375. The molecular weight excluding hydrogens is 287 g/mol. The summed E-state index contributed by atoms with van der Waals surface area (Å²) in [4.78, 5) is 11.4. The van der Waals surface area contributed by atoms with Crippen LogP contribution in [0.2, 0.25) is 5.02 Å². The molecule has 0 saturated carbocycles. The molecule has 1 rings (SSSR count). The number of halogens is 2. The molecule has 0 aromatic heterocycles. The number of ether oxygens (including phenoxy) is 1. The molecule has 0 aliphatic heterocycles. The first-order valence-corrected chi connectivity index (χ1v) is 6.31. The number of carbonyl (C=O) groups is 1. The molecular formula is C13H20Cl2N2O2. The van der Waals surface area contributed by atoms with Gasteiger partial charge in [0.15, 0.2) is 0 Å². The largest absolute Gasteiger partial charge is 0.383 e. The highest BCUT2D eigenvalue weighted by Crippen LogP contribution is 2.10. The van der Waals surface area contributed by atoms with Gasteiger partial charge < -0.3 is 15.4 Å². The molecule has 0 unspecified atom stereocenters. The van der Waals surface area contributed by atoms with Crippen LogP contribution in [0.15, 0.2) is 24.3 Å². The summed E-state index contributed by atoms with van der Waals surface area (Å²) in [5.41, 5.74) is 1.12. The molecule has 0 aliphatic carbocycles. The normalized spacial score (nSPS) is 9.79. The van der Waals surface area contributed by atoms with E-state index in [1.165, 1.54) is 0 Å². The number of carbonyl (C=O) groups excluding carboxylic acids is 1. The van der Waals surface area contributed by atoms with Gasteiger partial charge in [0, 0.05) is 25.2 Å². The van der Waals surface area contributed by atoms with Gasteiger partial charge in [-0.2, -0.15) is 0 Å². The first-order valence-electron chi connectivity index (χ1n) is 5.93. The fourth-order valence-corrected chi connectivity index (χ4v) is 1.69. The molecule has 0 saturated heterocycles. The van der Waals surface area contributed by atoms with Gasteiger partial charge in [-0.05, 0) is 24.1 Å². The van der Waals surface area contributed by atoms with Crippen LogP contribution in [0.4, 0.5) is 0 Å². The lowest BCUT2D eigenvalue weighted by molar-refractivity contribution is -0.120. The Hall–Kier alpha value is -0.810. The van der Waals surface area contributed by atoms with Gasteiger partial charge >= 0.3 is 0 Å². The van der Waals surface area contributed by atoms with Crippen molar-refractivity contribution < 1.29 is 9.53 Å². The van der Waals surface area contributed by atoms with Crippen molar-refractivity contribution in [1.29, 1.82) is 0 Å². The molecule has 0 aliphatic rings. The molecule has 0 radical (unpaired) electrons. The van der Waals surface area contributed by atoms with Crippen molar-refractivity contribution in [3.63, 3.8) is 0 Å². The molecule has 0 heterocycles. The fraction of sp³-hybridized carbons (Fsp3) is 0.462. The monoisotopic (exact) mass is 306 g/mol. The van der Waals surface area contributed by atoms with E-state index in [2.05, 4.69) is 10.6 Å². The van der Waals surface area contributed by atoms with Crippen molar-refractivity contribution in [2.75, 3.05) is 33.4 Å². The molecule has 0 spiro atoms. The molecule has 4 nitrogen and oxygen atoms in total. The second-order valence-electron chi connectivity index (χ2n) is 3.90. The van der Waals surface area contributed by atoms with E-state index in [1.807, 2.05) is 24.3 Å². The van der Waals surface area contributed by atoms with E-state index in [1.54, 1.807) is 7.11 Å². The lowest BCUT2D eigenvalue weighted by atomic mass is 10.1. The zero-order valence-corrected chi connectivity index (χ0v) is 12.5. The van der Waals surface area contributed by atoms with E-state index < -0.39 is 0 Å². The Kier molecular flexibility index (Phi) is 10.6. The zero-order valence-electron chi connectivity index (χ0n) is 10.9. The Balaban J connectivity index is 0.00000324. The van der Waals surface area contributed by atoms with Crippen molar-refractivity contribution >= 4 is 29.9 Å². The first kappa shape index (κ1) is 18.2.